The molecule has 0 aliphatic rings. The normalized spacial score (nSPS) is 11.3. The van der Waals surface area contributed by atoms with E-state index in [1.54, 1.807) is 32.2 Å². The largest absolute Gasteiger partial charge is 0.354 e. The third kappa shape index (κ3) is 3.70. The molecule has 2 heterocycles. The van der Waals surface area contributed by atoms with E-state index < -0.39 is 10.0 Å². The van der Waals surface area contributed by atoms with Crippen molar-refractivity contribution in [3.8, 4) is 0 Å². The van der Waals surface area contributed by atoms with Gasteiger partial charge in [0, 0.05) is 5.69 Å². The van der Waals surface area contributed by atoms with Crippen molar-refractivity contribution < 1.29 is 8.42 Å². The molecule has 0 unspecified atom stereocenters. The number of pyridine rings is 1. The number of hydrogen-bond donors (Lipinski definition) is 3. The van der Waals surface area contributed by atoms with Crippen LogP contribution in [0.5, 0.6) is 0 Å². The van der Waals surface area contributed by atoms with E-state index in [2.05, 4.69) is 38.2 Å². The van der Waals surface area contributed by atoms with Crippen LogP contribution in [0.3, 0.4) is 0 Å². The molecule has 0 aliphatic heterocycles. The van der Waals surface area contributed by atoms with Crippen LogP contribution < -0.4 is 10.0 Å². The fraction of sp³-hybridized carbons (Fsp3) is 0.222. The minimum absolute atomic E-state index is 0.151. The summed E-state index contributed by atoms with van der Waals surface area (Å²) in [5.41, 5.74) is 3.90. The number of aromatic nitrogens is 3. The fourth-order valence-corrected chi connectivity index (χ4v) is 4.14. The Labute approximate surface area is 152 Å². The molecule has 3 rings (SSSR count). The van der Waals surface area contributed by atoms with Crippen molar-refractivity contribution in [2.45, 2.75) is 32.1 Å². The van der Waals surface area contributed by atoms with Gasteiger partial charge in [-0.25, -0.2) is 13.4 Å². The van der Waals surface area contributed by atoms with E-state index in [1.165, 1.54) is 5.56 Å². The molecule has 0 bridgehead atoms. The number of para-hydroxylation sites is 1. The number of aromatic amines is 1. The van der Waals surface area contributed by atoms with Crippen molar-refractivity contribution in [1.82, 2.24) is 15.2 Å². The number of nitrogens with zero attached hydrogens (tertiary/aromatic N) is 2. The number of benzene rings is 1. The first-order valence-electron chi connectivity index (χ1n) is 8.26. The molecular formula is C18H21N5O2S. The first-order chi connectivity index (χ1) is 12.4. The molecule has 1 aromatic carbocycles. The Hall–Kier alpha value is -2.87. The quantitative estimate of drug-likeness (QED) is 0.615. The van der Waals surface area contributed by atoms with Gasteiger partial charge in [0.2, 0.25) is 0 Å². The first kappa shape index (κ1) is 17.9. The summed E-state index contributed by atoms with van der Waals surface area (Å²) >= 11 is 0. The van der Waals surface area contributed by atoms with Crippen LogP contribution in [0.25, 0.3) is 0 Å². The Balaban J connectivity index is 1.78. The standard InChI is InChI=1S/C18H21N5O2S/c1-4-14-7-5-6-8-16(14)20-15-9-10-17(19-11-15)23-26(24,25)18-12(2)21-22-13(18)3/h5-11,20H,4H2,1-3H3,(H,19,23)(H,21,22). The number of nitrogens with one attached hydrogen (secondary N) is 3. The average Bonchev–Trinajstić information content (AvgIpc) is 2.96. The minimum Gasteiger partial charge on any atom is -0.354 e. The third-order valence-corrected chi connectivity index (χ3v) is 5.63. The van der Waals surface area contributed by atoms with E-state index in [0.29, 0.717) is 11.4 Å². The smallest absolute Gasteiger partial charge is 0.266 e. The lowest BCUT2D eigenvalue weighted by Crippen LogP contribution is -2.15. The molecule has 0 spiro atoms. The number of rotatable bonds is 6. The second kappa shape index (κ2) is 7.17. The lowest BCUT2D eigenvalue weighted by molar-refractivity contribution is 0.600. The number of sulfonamides is 1. The minimum atomic E-state index is -3.74. The van der Waals surface area contributed by atoms with Gasteiger partial charge in [-0.05, 0) is 44.0 Å². The van der Waals surface area contributed by atoms with Crippen LogP contribution in [-0.4, -0.2) is 23.6 Å². The highest BCUT2D eigenvalue weighted by Gasteiger charge is 2.22. The van der Waals surface area contributed by atoms with Crippen LogP contribution >= 0.6 is 0 Å². The van der Waals surface area contributed by atoms with Gasteiger partial charge >= 0.3 is 0 Å². The highest BCUT2D eigenvalue weighted by atomic mass is 32.2. The highest BCUT2D eigenvalue weighted by Crippen LogP contribution is 2.23. The van der Waals surface area contributed by atoms with Gasteiger partial charge in [-0.15, -0.1) is 0 Å². The summed E-state index contributed by atoms with van der Waals surface area (Å²) in [6.07, 6.45) is 2.51. The number of H-pyrrole nitrogens is 1. The van der Waals surface area contributed by atoms with E-state index >= 15 is 0 Å². The molecule has 136 valence electrons. The topological polar surface area (TPSA) is 99.8 Å². The number of aryl methyl sites for hydroxylation is 3. The maximum atomic E-state index is 12.5. The predicted molar refractivity (Wildman–Crippen MR) is 102 cm³/mol. The summed E-state index contributed by atoms with van der Waals surface area (Å²) in [5, 5.41) is 9.91. The second-order valence-corrected chi connectivity index (χ2v) is 7.56. The van der Waals surface area contributed by atoms with Crippen LogP contribution in [-0.2, 0) is 16.4 Å². The zero-order valence-electron chi connectivity index (χ0n) is 14.9. The summed E-state index contributed by atoms with van der Waals surface area (Å²) in [7, 11) is -3.74. The maximum Gasteiger partial charge on any atom is 0.266 e. The summed E-state index contributed by atoms with van der Waals surface area (Å²) < 4.78 is 27.6. The summed E-state index contributed by atoms with van der Waals surface area (Å²) in [6, 6.07) is 11.4. The Bertz CT molecular complexity index is 991. The summed E-state index contributed by atoms with van der Waals surface area (Å²) in [5.74, 6) is 0.249. The number of anilines is 3. The monoisotopic (exact) mass is 371 g/mol. The van der Waals surface area contributed by atoms with Crippen molar-refractivity contribution in [2.75, 3.05) is 10.0 Å². The van der Waals surface area contributed by atoms with Crippen molar-refractivity contribution in [1.29, 1.82) is 0 Å². The maximum absolute atomic E-state index is 12.5. The van der Waals surface area contributed by atoms with Gasteiger partial charge in [-0.1, -0.05) is 25.1 Å². The van der Waals surface area contributed by atoms with Crippen LogP contribution in [0.4, 0.5) is 17.2 Å². The molecule has 26 heavy (non-hydrogen) atoms. The molecule has 0 radical (unpaired) electrons. The Morgan fingerprint density at radius 1 is 1.12 bits per heavy atom. The van der Waals surface area contributed by atoms with Crippen LogP contribution in [0.2, 0.25) is 0 Å². The molecule has 3 N–H and O–H groups in total. The second-order valence-electron chi connectivity index (χ2n) is 5.94. The zero-order chi connectivity index (χ0) is 18.7. The van der Waals surface area contributed by atoms with Crippen LogP contribution in [0.15, 0.2) is 47.5 Å². The van der Waals surface area contributed by atoms with Crippen LogP contribution in [0.1, 0.15) is 23.9 Å². The van der Waals surface area contributed by atoms with E-state index in [0.717, 1.165) is 17.8 Å². The zero-order valence-corrected chi connectivity index (χ0v) is 15.7. The van der Waals surface area contributed by atoms with Gasteiger partial charge in [0.05, 0.1) is 23.3 Å². The van der Waals surface area contributed by atoms with E-state index in [-0.39, 0.29) is 10.7 Å². The summed E-state index contributed by atoms with van der Waals surface area (Å²) in [4.78, 5) is 4.35. The SMILES string of the molecule is CCc1ccccc1Nc1ccc(NS(=O)(=O)c2c(C)n[nH]c2C)nc1. The Morgan fingerprint density at radius 2 is 1.88 bits per heavy atom. The molecular weight excluding hydrogens is 350 g/mol. The molecule has 0 saturated heterocycles. The van der Waals surface area contributed by atoms with Gasteiger partial charge in [0.1, 0.15) is 10.7 Å². The Kier molecular flexibility index (Phi) is 4.94. The predicted octanol–water partition coefficient (Wildman–Crippen LogP) is 3.53. The highest BCUT2D eigenvalue weighted by molar-refractivity contribution is 7.92. The molecule has 7 nitrogen and oxygen atoms in total. The number of hydrogen-bond acceptors (Lipinski definition) is 5. The van der Waals surface area contributed by atoms with Crippen molar-refractivity contribution in [2.24, 2.45) is 0 Å². The first-order valence-corrected chi connectivity index (χ1v) is 9.74. The van der Waals surface area contributed by atoms with Gasteiger partial charge in [0.15, 0.2) is 0 Å². The van der Waals surface area contributed by atoms with Gasteiger partial charge < -0.3 is 5.32 Å². The average molecular weight is 371 g/mol. The summed E-state index contributed by atoms with van der Waals surface area (Å²) in [6.45, 7) is 5.40. The van der Waals surface area contributed by atoms with Gasteiger partial charge in [-0.2, -0.15) is 5.10 Å². The molecule has 2 aromatic heterocycles. The van der Waals surface area contributed by atoms with E-state index in [1.807, 2.05) is 18.2 Å². The van der Waals surface area contributed by atoms with E-state index in [4.69, 9.17) is 0 Å². The molecule has 0 amide bonds. The third-order valence-electron chi connectivity index (χ3n) is 4.01. The fourth-order valence-electron chi connectivity index (χ4n) is 2.76. The van der Waals surface area contributed by atoms with Crippen molar-refractivity contribution >= 4 is 27.2 Å². The van der Waals surface area contributed by atoms with Crippen molar-refractivity contribution in [3.63, 3.8) is 0 Å². The van der Waals surface area contributed by atoms with Crippen LogP contribution in [0, 0.1) is 13.8 Å². The lowest BCUT2D eigenvalue weighted by atomic mass is 10.1. The lowest BCUT2D eigenvalue weighted by Gasteiger charge is -2.11. The molecule has 8 heteroatoms. The molecule has 3 aromatic rings. The van der Waals surface area contributed by atoms with Gasteiger partial charge in [-0.3, -0.25) is 9.82 Å². The van der Waals surface area contributed by atoms with Crippen molar-refractivity contribution in [3.05, 3.63) is 59.5 Å². The molecule has 0 fully saturated rings. The van der Waals surface area contributed by atoms with Gasteiger partial charge in [0.25, 0.3) is 10.0 Å². The molecule has 0 aliphatic carbocycles. The molecule has 0 saturated carbocycles. The van der Waals surface area contributed by atoms with E-state index in [9.17, 15) is 8.42 Å². The molecule has 0 atom stereocenters. The Morgan fingerprint density at radius 3 is 2.50 bits per heavy atom.